The highest BCUT2D eigenvalue weighted by Crippen LogP contribution is 2.24. The summed E-state index contributed by atoms with van der Waals surface area (Å²) in [5, 5.41) is 8.56. The van der Waals surface area contributed by atoms with Gasteiger partial charge >= 0.3 is 0 Å². The number of nitrogens with zero attached hydrogens (tertiary/aromatic N) is 5. The van der Waals surface area contributed by atoms with Crippen molar-refractivity contribution in [1.82, 2.24) is 24.3 Å². The number of carbonyl (C=O) groups excluding carboxylic acids is 1. The molecule has 4 rings (SSSR count). The SMILES string of the molecule is O=C(c1cnn2ccccc12)N1CCCC[C@@H]1CCn1cccn1. The van der Waals surface area contributed by atoms with Gasteiger partial charge in [0.05, 0.1) is 17.3 Å². The summed E-state index contributed by atoms with van der Waals surface area (Å²) < 4.78 is 3.70. The van der Waals surface area contributed by atoms with Crippen LogP contribution in [0.5, 0.6) is 0 Å². The average molecular weight is 323 g/mol. The zero-order valence-electron chi connectivity index (χ0n) is 13.6. The lowest BCUT2D eigenvalue weighted by Gasteiger charge is -2.35. The molecule has 1 amide bonds. The largest absolute Gasteiger partial charge is 0.335 e. The minimum absolute atomic E-state index is 0.0985. The van der Waals surface area contributed by atoms with E-state index < -0.39 is 0 Å². The number of pyridine rings is 1. The van der Waals surface area contributed by atoms with E-state index in [1.165, 1.54) is 6.42 Å². The van der Waals surface area contributed by atoms with E-state index in [9.17, 15) is 4.79 Å². The van der Waals surface area contributed by atoms with Crippen molar-refractivity contribution in [1.29, 1.82) is 0 Å². The molecule has 0 aromatic carbocycles. The summed E-state index contributed by atoms with van der Waals surface area (Å²) >= 11 is 0. The molecule has 6 heteroatoms. The molecule has 1 fully saturated rings. The Kier molecular flexibility index (Phi) is 4.02. The van der Waals surface area contributed by atoms with Crippen LogP contribution in [0, 0.1) is 0 Å². The molecule has 1 atom stereocenters. The van der Waals surface area contributed by atoms with Crippen LogP contribution in [0.1, 0.15) is 36.0 Å². The highest BCUT2D eigenvalue weighted by Gasteiger charge is 2.28. The number of hydrogen-bond acceptors (Lipinski definition) is 3. The fourth-order valence-electron chi connectivity index (χ4n) is 3.54. The van der Waals surface area contributed by atoms with Gasteiger partial charge in [-0.1, -0.05) is 6.07 Å². The van der Waals surface area contributed by atoms with Gasteiger partial charge in [0.1, 0.15) is 0 Å². The third-order valence-electron chi connectivity index (χ3n) is 4.80. The van der Waals surface area contributed by atoms with Gasteiger partial charge in [0, 0.05) is 37.7 Å². The van der Waals surface area contributed by atoms with Crippen molar-refractivity contribution in [3.63, 3.8) is 0 Å². The Labute approximate surface area is 140 Å². The van der Waals surface area contributed by atoms with Crippen LogP contribution in [0.25, 0.3) is 5.52 Å². The van der Waals surface area contributed by atoms with Gasteiger partial charge in [0.2, 0.25) is 0 Å². The van der Waals surface area contributed by atoms with Crippen LogP contribution >= 0.6 is 0 Å². The van der Waals surface area contributed by atoms with E-state index in [1.807, 2.05) is 46.2 Å². The van der Waals surface area contributed by atoms with Crippen molar-refractivity contribution in [2.45, 2.75) is 38.3 Å². The first-order valence-electron chi connectivity index (χ1n) is 8.54. The lowest BCUT2D eigenvalue weighted by molar-refractivity contribution is 0.0596. The Morgan fingerprint density at radius 2 is 2.12 bits per heavy atom. The van der Waals surface area contributed by atoms with Crippen molar-refractivity contribution in [3.8, 4) is 0 Å². The Morgan fingerprint density at radius 1 is 1.17 bits per heavy atom. The maximum Gasteiger partial charge on any atom is 0.257 e. The van der Waals surface area contributed by atoms with Crippen LogP contribution in [0.4, 0.5) is 0 Å². The van der Waals surface area contributed by atoms with E-state index in [-0.39, 0.29) is 11.9 Å². The normalized spacial score (nSPS) is 18.2. The fraction of sp³-hybridized carbons (Fsp3) is 0.389. The summed E-state index contributed by atoms with van der Waals surface area (Å²) in [4.78, 5) is 15.1. The summed E-state index contributed by atoms with van der Waals surface area (Å²) in [5.41, 5.74) is 1.57. The Hall–Kier alpha value is -2.63. The average Bonchev–Trinajstić information content (AvgIpc) is 3.29. The number of piperidine rings is 1. The minimum atomic E-state index is 0.0985. The van der Waals surface area contributed by atoms with Gasteiger partial charge in [-0.05, 0) is 43.9 Å². The third-order valence-corrected chi connectivity index (χ3v) is 4.80. The number of rotatable bonds is 4. The molecule has 1 saturated heterocycles. The molecular formula is C18H21N5O. The summed E-state index contributed by atoms with van der Waals surface area (Å²) in [6, 6.07) is 8.02. The maximum atomic E-state index is 13.1. The molecule has 0 N–H and O–H groups in total. The van der Waals surface area contributed by atoms with Gasteiger partial charge in [0.15, 0.2) is 0 Å². The van der Waals surface area contributed by atoms with Gasteiger partial charge in [-0.15, -0.1) is 0 Å². The lowest BCUT2D eigenvalue weighted by atomic mass is 9.98. The molecule has 0 aliphatic carbocycles. The zero-order valence-corrected chi connectivity index (χ0v) is 13.6. The Morgan fingerprint density at radius 3 is 3.00 bits per heavy atom. The molecule has 0 radical (unpaired) electrons. The quantitative estimate of drug-likeness (QED) is 0.741. The smallest absolute Gasteiger partial charge is 0.257 e. The van der Waals surface area contributed by atoms with E-state index in [0.29, 0.717) is 5.56 Å². The van der Waals surface area contributed by atoms with Crippen LogP contribution in [0.15, 0.2) is 49.1 Å². The van der Waals surface area contributed by atoms with E-state index >= 15 is 0 Å². The van der Waals surface area contributed by atoms with Crippen LogP contribution in [0.3, 0.4) is 0 Å². The predicted molar refractivity (Wildman–Crippen MR) is 90.7 cm³/mol. The third kappa shape index (κ3) is 2.79. The van der Waals surface area contributed by atoms with Crippen molar-refractivity contribution >= 4 is 11.4 Å². The molecule has 1 aliphatic heterocycles. The van der Waals surface area contributed by atoms with Crippen LogP contribution in [-0.2, 0) is 6.54 Å². The number of hydrogen-bond donors (Lipinski definition) is 0. The molecular weight excluding hydrogens is 302 g/mol. The van der Waals surface area contributed by atoms with E-state index in [2.05, 4.69) is 10.2 Å². The fourth-order valence-corrected chi connectivity index (χ4v) is 3.54. The molecule has 3 aromatic rings. The van der Waals surface area contributed by atoms with Gasteiger partial charge in [-0.2, -0.15) is 10.2 Å². The Bertz CT molecular complexity index is 823. The van der Waals surface area contributed by atoms with Crippen molar-refractivity contribution < 1.29 is 4.79 Å². The predicted octanol–water partition coefficient (Wildman–Crippen LogP) is 2.62. The molecule has 0 bridgehead atoms. The maximum absolute atomic E-state index is 13.1. The second-order valence-electron chi connectivity index (χ2n) is 6.29. The van der Waals surface area contributed by atoms with Crippen LogP contribution in [-0.4, -0.2) is 42.8 Å². The number of carbonyl (C=O) groups is 1. The number of fused-ring (bicyclic) bond motifs is 1. The van der Waals surface area contributed by atoms with Crippen molar-refractivity contribution in [3.05, 3.63) is 54.6 Å². The number of aromatic nitrogens is 4. The topological polar surface area (TPSA) is 55.4 Å². The van der Waals surface area contributed by atoms with Gasteiger partial charge in [-0.25, -0.2) is 4.52 Å². The molecule has 24 heavy (non-hydrogen) atoms. The molecule has 1 aliphatic rings. The lowest BCUT2D eigenvalue weighted by Crippen LogP contribution is -2.44. The zero-order chi connectivity index (χ0) is 16.4. The molecule has 0 spiro atoms. The first-order valence-corrected chi connectivity index (χ1v) is 8.54. The number of likely N-dealkylation sites (tertiary alicyclic amines) is 1. The number of amides is 1. The van der Waals surface area contributed by atoms with Crippen LogP contribution in [0.2, 0.25) is 0 Å². The van der Waals surface area contributed by atoms with Gasteiger partial charge < -0.3 is 4.90 Å². The summed E-state index contributed by atoms with van der Waals surface area (Å²) in [5.74, 6) is 0.0985. The van der Waals surface area contributed by atoms with Gasteiger partial charge in [0.25, 0.3) is 5.91 Å². The highest BCUT2D eigenvalue weighted by molar-refractivity contribution is 6.00. The van der Waals surface area contributed by atoms with E-state index in [1.54, 1.807) is 16.9 Å². The van der Waals surface area contributed by atoms with Gasteiger partial charge in [-0.3, -0.25) is 9.48 Å². The van der Waals surface area contributed by atoms with Crippen molar-refractivity contribution in [2.24, 2.45) is 0 Å². The van der Waals surface area contributed by atoms with Crippen LogP contribution < -0.4 is 0 Å². The number of aryl methyl sites for hydroxylation is 1. The molecule has 6 nitrogen and oxygen atoms in total. The highest BCUT2D eigenvalue weighted by atomic mass is 16.2. The standard InChI is InChI=1S/C18H21N5O/c24-18(16-14-20-23-12-4-2-7-17(16)23)22-11-3-1-6-15(22)8-13-21-10-5-9-19-21/h2,4-5,7,9-10,12,14-15H,1,3,6,8,11,13H2/t15-/m1/s1. The molecule has 0 saturated carbocycles. The van der Waals surface area contributed by atoms with E-state index in [4.69, 9.17) is 0 Å². The first kappa shape index (κ1) is 14.9. The first-order chi connectivity index (χ1) is 11.8. The monoisotopic (exact) mass is 323 g/mol. The molecule has 3 aromatic heterocycles. The molecule has 124 valence electrons. The summed E-state index contributed by atoms with van der Waals surface area (Å²) in [6.07, 6.45) is 11.6. The molecule has 0 unspecified atom stereocenters. The second kappa shape index (κ2) is 6.47. The van der Waals surface area contributed by atoms with Crippen molar-refractivity contribution in [2.75, 3.05) is 6.54 Å². The van der Waals surface area contributed by atoms with E-state index in [0.717, 1.165) is 37.9 Å². The summed E-state index contributed by atoms with van der Waals surface area (Å²) in [7, 11) is 0. The Balaban J connectivity index is 1.54. The second-order valence-corrected chi connectivity index (χ2v) is 6.29. The summed E-state index contributed by atoms with van der Waals surface area (Å²) in [6.45, 7) is 1.67. The minimum Gasteiger partial charge on any atom is -0.335 e. The molecule has 4 heterocycles.